The molecule has 96 valence electrons. The van der Waals surface area contributed by atoms with Crippen LogP contribution in [0.2, 0.25) is 0 Å². The van der Waals surface area contributed by atoms with Crippen LogP contribution in [0.25, 0.3) is 0 Å². The molecule has 1 heterocycles. The van der Waals surface area contributed by atoms with Crippen molar-refractivity contribution in [1.82, 2.24) is 14.9 Å². The van der Waals surface area contributed by atoms with Crippen LogP contribution in [0.5, 0.6) is 0 Å². The molecule has 6 heteroatoms. The fourth-order valence-corrected chi connectivity index (χ4v) is 2.44. The van der Waals surface area contributed by atoms with Crippen molar-refractivity contribution in [2.45, 2.75) is 25.3 Å². The van der Waals surface area contributed by atoms with Gasteiger partial charge in [-0.05, 0) is 21.0 Å². The minimum atomic E-state index is 0.726. The zero-order valence-corrected chi connectivity index (χ0v) is 11.8. The van der Waals surface area contributed by atoms with Crippen LogP contribution in [0, 0.1) is 6.92 Å². The van der Waals surface area contributed by atoms with Crippen LogP contribution in [0.4, 0.5) is 5.82 Å². The molecule has 17 heavy (non-hydrogen) atoms. The van der Waals surface area contributed by atoms with Gasteiger partial charge in [0.1, 0.15) is 16.7 Å². The molecule has 0 bridgehead atoms. The van der Waals surface area contributed by atoms with E-state index < -0.39 is 0 Å². The van der Waals surface area contributed by atoms with Crippen LogP contribution in [-0.4, -0.2) is 41.3 Å². The van der Waals surface area contributed by atoms with Crippen molar-refractivity contribution in [2.75, 3.05) is 31.8 Å². The number of hydrazine groups is 1. The first kappa shape index (κ1) is 14.2. The zero-order valence-electron chi connectivity index (χ0n) is 10.9. The molecule has 0 aliphatic carbocycles. The lowest BCUT2D eigenvalue weighted by molar-refractivity contribution is 0.437. The van der Waals surface area contributed by atoms with Gasteiger partial charge in [0, 0.05) is 24.3 Å². The van der Waals surface area contributed by atoms with Crippen LogP contribution in [0.1, 0.15) is 18.3 Å². The van der Waals surface area contributed by atoms with Crippen LogP contribution >= 0.6 is 11.8 Å². The third-order valence-corrected chi connectivity index (χ3v) is 3.44. The Labute approximate surface area is 107 Å². The highest BCUT2D eigenvalue weighted by molar-refractivity contribution is 7.99. The average molecular weight is 255 g/mol. The number of hydrogen-bond donors (Lipinski definition) is 2. The summed E-state index contributed by atoms with van der Waals surface area (Å²) in [6, 6.07) is 0. The van der Waals surface area contributed by atoms with Gasteiger partial charge in [0.2, 0.25) is 0 Å². The normalized spacial score (nSPS) is 10.9. The third kappa shape index (κ3) is 4.14. The van der Waals surface area contributed by atoms with E-state index in [9.17, 15) is 0 Å². The predicted molar refractivity (Wildman–Crippen MR) is 73.2 cm³/mol. The Morgan fingerprint density at radius 2 is 2.06 bits per heavy atom. The summed E-state index contributed by atoms with van der Waals surface area (Å²) in [5.74, 6) is 8.03. The smallest absolute Gasteiger partial charge is 0.147 e. The molecule has 0 amide bonds. The number of thioether (sulfide) groups is 1. The number of rotatable bonds is 6. The minimum Gasteiger partial charge on any atom is -0.309 e. The maximum absolute atomic E-state index is 5.46. The lowest BCUT2D eigenvalue weighted by Gasteiger charge is -2.12. The van der Waals surface area contributed by atoms with Gasteiger partial charge in [0.25, 0.3) is 0 Å². The number of anilines is 1. The maximum Gasteiger partial charge on any atom is 0.147 e. The van der Waals surface area contributed by atoms with Crippen molar-refractivity contribution in [3.8, 4) is 0 Å². The van der Waals surface area contributed by atoms with Gasteiger partial charge in [-0.2, -0.15) is 0 Å². The van der Waals surface area contributed by atoms with Crippen molar-refractivity contribution >= 4 is 17.6 Å². The first-order chi connectivity index (χ1) is 8.08. The molecule has 0 atom stereocenters. The molecule has 0 saturated heterocycles. The standard InChI is InChI=1S/C11H21N5S/c1-5-9-13-10(15-12)8(2)11(14-9)17-7-6-16(3)4/h5-7,12H2,1-4H3,(H,13,14,15). The second-order valence-electron chi connectivity index (χ2n) is 4.07. The Balaban J connectivity index is 2.82. The number of nitrogens with one attached hydrogen (secondary N) is 1. The molecule has 0 aliphatic heterocycles. The third-order valence-electron chi connectivity index (χ3n) is 2.38. The zero-order chi connectivity index (χ0) is 12.8. The molecule has 0 spiro atoms. The van der Waals surface area contributed by atoms with E-state index in [4.69, 9.17) is 5.84 Å². The molecule has 0 aromatic carbocycles. The summed E-state index contributed by atoms with van der Waals surface area (Å²) in [5.41, 5.74) is 3.66. The average Bonchev–Trinajstić information content (AvgIpc) is 2.31. The number of aromatic nitrogens is 2. The second kappa shape index (κ2) is 6.78. The van der Waals surface area contributed by atoms with Crippen LogP contribution in [0.15, 0.2) is 5.03 Å². The van der Waals surface area contributed by atoms with E-state index >= 15 is 0 Å². The summed E-state index contributed by atoms with van der Waals surface area (Å²) in [5, 5.41) is 1.02. The Hall–Kier alpha value is -0.850. The molecule has 0 saturated carbocycles. The van der Waals surface area contributed by atoms with E-state index in [1.54, 1.807) is 11.8 Å². The van der Waals surface area contributed by atoms with E-state index in [2.05, 4.69) is 34.4 Å². The summed E-state index contributed by atoms with van der Waals surface area (Å²) >= 11 is 1.75. The molecular formula is C11H21N5S. The number of nitrogen functional groups attached to an aromatic ring is 1. The van der Waals surface area contributed by atoms with Crippen molar-refractivity contribution in [2.24, 2.45) is 5.84 Å². The van der Waals surface area contributed by atoms with Gasteiger partial charge < -0.3 is 10.3 Å². The van der Waals surface area contributed by atoms with Gasteiger partial charge in [-0.3, -0.25) is 0 Å². The highest BCUT2D eigenvalue weighted by Crippen LogP contribution is 2.24. The summed E-state index contributed by atoms with van der Waals surface area (Å²) in [7, 11) is 4.13. The van der Waals surface area contributed by atoms with Crippen molar-refractivity contribution in [3.05, 3.63) is 11.4 Å². The lowest BCUT2D eigenvalue weighted by atomic mass is 10.3. The maximum atomic E-state index is 5.46. The largest absolute Gasteiger partial charge is 0.309 e. The van der Waals surface area contributed by atoms with Gasteiger partial charge in [0.05, 0.1) is 0 Å². The fourth-order valence-electron chi connectivity index (χ4n) is 1.30. The quantitative estimate of drug-likeness (QED) is 0.345. The first-order valence-electron chi connectivity index (χ1n) is 5.70. The Bertz CT molecular complexity index is 367. The van der Waals surface area contributed by atoms with E-state index in [0.29, 0.717) is 0 Å². The molecule has 1 rings (SSSR count). The van der Waals surface area contributed by atoms with Crippen LogP contribution in [-0.2, 0) is 6.42 Å². The molecule has 1 aromatic rings. The highest BCUT2D eigenvalue weighted by Gasteiger charge is 2.09. The molecule has 0 fully saturated rings. The monoisotopic (exact) mass is 255 g/mol. The van der Waals surface area contributed by atoms with E-state index in [0.717, 1.165) is 41.0 Å². The van der Waals surface area contributed by atoms with Gasteiger partial charge in [-0.25, -0.2) is 15.8 Å². The summed E-state index contributed by atoms with van der Waals surface area (Å²) < 4.78 is 0. The molecule has 3 N–H and O–H groups in total. The molecule has 1 aromatic heterocycles. The Morgan fingerprint density at radius 3 is 2.59 bits per heavy atom. The molecule has 0 aliphatic rings. The molecule has 0 radical (unpaired) electrons. The summed E-state index contributed by atoms with van der Waals surface area (Å²) in [6.07, 6.45) is 0.816. The molecule has 5 nitrogen and oxygen atoms in total. The van der Waals surface area contributed by atoms with Crippen molar-refractivity contribution in [1.29, 1.82) is 0 Å². The van der Waals surface area contributed by atoms with Gasteiger partial charge in [-0.1, -0.05) is 6.92 Å². The summed E-state index contributed by atoms with van der Waals surface area (Å²) in [6.45, 7) is 5.06. The Morgan fingerprint density at radius 1 is 1.35 bits per heavy atom. The van der Waals surface area contributed by atoms with Crippen LogP contribution < -0.4 is 11.3 Å². The fraction of sp³-hybridized carbons (Fsp3) is 0.636. The minimum absolute atomic E-state index is 0.726. The number of aryl methyl sites for hydroxylation is 1. The van der Waals surface area contributed by atoms with Gasteiger partial charge >= 0.3 is 0 Å². The van der Waals surface area contributed by atoms with Crippen molar-refractivity contribution < 1.29 is 0 Å². The Kier molecular flexibility index (Phi) is 5.67. The lowest BCUT2D eigenvalue weighted by Crippen LogP contribution is -2.16. The second-order valence-corrected chi connectivity index (χ2v) is 5.15. The number of nitrogens with zero attached hydrogens (tertiary/aromatic N) is 3. The van der Waals surface area contributed by atoms with E-state index in [1.807, 2.05) is 13.8 Å². The van der Waals surface area contributed by atoms with Gasteiger partial charge in [0.15, 0.2) is 0 Å². The predicted octanol–water partition coefficient (Wildman–Crippen LogP) is 1.29. The number of hydrogen-bond acceptors (Lipinski definition) is 6. The van der Waals surface area contributed by atoms with Crippen LogP contribution in [0.3, 0.4) is 0 Å². The SMILES string of the molecule is CCc1nc(NN)c(C)c(SCCN(C)C)n1. The van der Waals surface area contributed by atoms with Crippen molar-refractivity contribution in [3.63, 3.8) is 0 Å². The van der Waals surface area contributed by atoms with Gasteiger partial charge in [-0.15, -0.1) is 11.8 Å². The number of nitrogens with two attached hydrogens (primary N) is 1. The van der Waals surface area contributed by atoms with E-state index in [-0.39, 0.29) is 0 Å². The topological polar surface area (TPSA) is 67.1 Å². The highest BCUT2D eigenvalue weighted by atomic mass is 32.2. The molecular weight excluding hydrogens is 234 g/mol. The molecule has 0 unspecified atom stereocenters. The van der Waals surface area contributed by atoms with E-state index in [1.165, 1.54) is 0 Å². The summed E-state index contributed by atoms with van der Waals surface area (Å²) in [4.78, 5) is 11.0. The first-order valence-corrected chi connectivity index (χ1v) is 6.68.